The van der Waals surface area contributed by atoms with Crippen LogP contribution in [0.4, 0.5) is 0 Å². The molecule has 2 heterocycles. The van der Waals surface area contributed by atoms with Crippen molar-refractivity contribution in [3.63, 3.8) is 0 Å². The minimum absolute atomic E-state index is 0.0691. The third-order valence-corrected chi connectivity index (χ3v) is 6.74. The molecule has 1 saturated heterocycles. The minimum atomic E-state index is -0.554. The average molecular weight is 522 g/mol. The number of methoxy groups -OCH3 is 1. The van der Waals surface area contributed by atoms with Crippen LogP contribution in [0.2, 0.25) is 0 Å². The van der Waals surface area contributed by atoms with Gasteiger partial charge in [-0.25, -0.2) is 0 Å². The predicted molar refractivity (Wildman–Crippen MR) is 152 cm³/mol. The molecule has 2 amide bonds. The first-order chi connectivity index (χ1) is 18.4. The maximum atomic E-state index is 14.0. The van der Waals surface area contributed by atoms with Crippen molar-refractivity contribution in [2.24, 2.45) is 0 Å². The zero-order chi connectivity index (χ0) is 28.1. The molecule has 2 aliphatic rings. The number of Topliss-reactive ketones (excluding diaryl/α,β-unsaturated/α-hetero) is 1. The van der Waals surface area contributed by atoms with Gasteiger partial charge in [0.2, 0.25) is 5.91 Å². The van der Waals surface area contributed by atoms with Crippen molar-refractivity contribution in [1.82, 2.24) is 14.7 Å². The van der Waals surface area contributed by atoms with Crippen LogP contribution >= 0.6 is 0 Å². The molecule has 206 valence electrons. The first-order valence-corrected chi connectivity index (χ1v) is 13.5. The van der Waals surface area contributed by atoms with Crippen molar-refractivity contribution in [3.05, 3.63) is 84.2 Å². The van der Waals surface area contributed by atoms with Crippen molar-refractivity contribution >= 4 is 17.6 Å². The maximum absolute atomic E-state index is 14.0. The minimum Gasteiger partial charge on any atom is -0.376 e. The lowest BCUT2D eigenvalue weighted by Crippen LogP contribution is -2.51. The highest BCUT2D eigenvalue weighted by Gasteiger charge is 2.39. The second kappa shape index (κ2) is 15.7. The summed E-state index contributed by atoms with van der Waals surface area (Å²) in [6.45, 7) is 11.1. The summed E-state index contributed by atoms with van der Waals surface area (Å²) in [5.74, 6) is -0.387. The summed E-state index contributed by atoms with van der Waals surface area (Å²) < 4.78 is 5.72. The lowest BCUT2D eigenvalue weighted by Gasteiger charge is -2.38. The molecule has 0 bridgehead atoms. The summed E-state index contributed by atoms with van der Waals surface area (Å²) in [5, 5.41) is 0. The number of benzene rings is 1. The zero-order valence-corrected chi connectivity index (χ0v) is 23.6. The second-order valence-electron chi connectivity index (χ2n) is 9.07. The SMILES string of the molecule is C=C/C=C\C=C(/CC)N(CC(=O)c1ccccc1)C(=O)C1=CN(C)C(C(=O)N2CCCC2)CC1OC.CC. The van der Waals surface area contributed by atoms with Crippen LogP contribution in [0.15, 0.2) is 78.7 Å². The number of ether oxygens (including phenoxy) is 1. The normalized spacial score (nSPS) is 19.5. The van der Waals surface area contributed by atoms with Crippen LogP contribution in [0.1, 0.15) is 56.8 Å². The van der Waals surface area contributed by atoms with Gasteiger partial charge in [-0.3, -0.25) is 14.4 Å². The number of rotatable bonds is 10. The summed E-state index contributed by atoms with van der Waals surface area (Å²) >= 11 is 0. The van der Waals surface area contributed by atoms with Crippen molar-refractivity contribution in [2.75, 3.05) is 33.8 Å². The number of hydrogen-bond acceptors (Lipinski definition) is 5. The van der Waals surface area contributed by atoms with Gasteiger partial charge in [0.1, 0.15) is 6.04 Å². The smallest absolute Gasteiger partial charge is 0.258 e. The van der Waals surface area contributed by atoms with Gasteiger partial charge in [0.05, 0.1) is 18.2 Å². The van der Waals surface area contributed by atoms with Gasteiger partial charge in [0.25, 0.3) is 5.91 Å². The molecular formula is C31H43N3O4. The highest BCUT2D eigenvalue weighted by molar-refractivity contribution is 6.03. The molecule has 2 unspecified atom stereocenters. The first kappa shape index (κ1) is 30.8. The van der Waals surface area contributed by atoms with Gasteiger partial charge >= 0.3 is 0 Å². The molecule has 1 fully saturated rings. The predicted octanol–water partition coefficient (Wildman–Crippen LogP) is 4.99. The van der Waals surface area contributed by atoms with Crippen molar-refractivity contribution in [3.8, 4) is 0 Å². The summed E-state index contributed by atoms with van der Waals surface area (Å²) in [6, 6.07) is 8.57. The fourth-order valence-corrected chi connectivity index (χ4v) is 4.69. The van der Waals surface area contributed by atoms with Crippen LogP contribution in [-0.4, -0.2) is 78.2 Å². The number of likely N-dealkylation sites (tertiary alicyclic amines) is 1. The highest BCUT2D eigenvalue weighted by atomic mass is 16.5. The number of allylic oxidation sites excluding steroid dienone is 5. The van der Waals surface area contributed by atoms with E-state index in [-0.39, 0.29) is 30.2 Å². The Balaban J connectivity index is 0.00000247. The Morgan fingerprint density at radius 2 is 1.76 bits per heavy atom. The number of ketones is 1. The van der Waals surface area contributed by atoms with E-state index in [1.54, 1.807) is 55.8 Å². The molecule has 1 aromatic rings. The standard InChI is InChI=1S/C29H37N3O4.C2H6/c1-5-7-9-16-23(6-2)32(21-26(33)22-14-10-8-11-15-22)28(34)24-20-30(3)25(19-27(24)36-4)29(35)31-17-12-13-18-31;1-2/h5,7-11,14-16,20,25,27H,1,6,12-13,17-19,21H2,2-4H3;1-2H3/b9-7-,23-16+;. The molecule has 1 aromatic carbocycles. The van der Waals surface area contributed by atoms with Gasteiger partial charge in [0, 0.05) is 51.1 Å². The number of nitrogens with zero attached hydrogens (tertiary/aromatic N) is 3. The van der Waals surface area contributed by atoms with E-state index in [4.69, 9.17) is 4.74 Å². The van der Waals surface area contributed by atoms with E-state index in [2.05, 4.69) is 6.58 Å². The van der Waals surface area contributed by atoms with Crippen LogP contribution in [0.3, 0.4) is 0 Å². The fraction of sp³-hybridized carbons (Fsp3) is 0.452. The van der Waals surface area contributed by atoms with Gasteiger partial charge in [-0.15, -0.1) is 0 Å². The number of carbonyl (C=O) groups is 3. The molecular weight excluding hydrogens is 478 g/mol. The Morgan fingerprint density at radius 3 is 2.34 bits per heavy atom. The van der Waals surface area contributed by atoms with E-state index >= 15 is 0 Å². The van der Waals surface area contributed by atoms with E-state index in [1.165, 1.54) is 4.90 Å². The molecule has 0 aromatic heterocycles. The van der Waals surface area contributed by atoms with Gasteiger partial charge in [-0.05, 0) is 25.3 Å². The third kappa shape index (κ3) is 7.78. The summed E-state index contributed by atoms with van der Waals surface area (Å²) in [4.78, 5) is 45.4. The van der Waals surface area contributed by atoms with E-state index in [9.17, 15) is 14.4 Å². The fourth-order valence-electron chi connectivity index (χ4n) is 4.69. The lowest BCUT2D eigenvalue weighted by molar-refractivity contribution is -0.137. The molecule has 7 heteroatoms. The number of carbonyl (C=O) groups excluding carboxylic acids is 3. The Kier molecular flexibility index (Phi) is 12.7. The van der Waals surface area contributed by atoms with Crippen molar-refractivity contribution < 1.29 is 19.1 Å². The van der Waals surface area contributed by atoms with Gasteiger partial charge in [-0.1, -0.05) is 75.9 Å². The molecule has 3 rings (SSSR count). The van der Waals surface area contributed by atoms with E-state index < -0.39 is 6.10 Å². The topological polar surface area (TPSA) is 70.2 Å². The van der Waals surface area contributed by atoms with Crippen LogP contribution in [0.25, 0.3) is 0 Å². The monoisotopic (exact) mass is 521 g/mol. The lowest BCUT2D eigenvalue weighted by atomic mass is 9.95. The largest absolute Gasteiger partial charge is 0.376 e. The Bertz CT molecular complexity index is 1040. The van der Waals surface area contributed by atoms with Crippen LogP contribution < -0.4 is 0 Å². The molecule has 0 saturated carbocycles. The Hall–Kier alpha value is -3.45. The van der Waals surface area contributed by atoms with Gasteiger partial charge in [-0.2, -0.15) is 0 Å². The molecule has 2 aliphatic heterocycles. The summed E-state index contributed by atoms with van der Waals surface area (Å²) in [7, 11) is 3.37. The van der Waals surface area contributed by atoms with Crippen LogP contribution in [0, 0.1) is 0 Å². The molecule has 0 spiro atoms. The molecule has 0 aliphatic carbocycles. The van der Waals surface area contributed by atoms with E-state index in [0.29, 0.717) is 29.7 Å². The number of hydrogen-bond donors (Lipinski definition) is 0. The zero-order valence-electron chi connectivity index (χ0n) is 23.6. The van der Waals surface area contributed by atoms with Crippen LogP contribution in [-0.2, 0) is 14.3 Å². The molecule has 0 radical (unpaired) electrons. The molecule has 2 atom stereocenters. The van der Waals surface area contributed by atoms with Gasteiger partial charge < -0.3 is 19.4 Å². The average Bonchev–Trinajstić information content (AvgIpc) is 3.50. The maximum Gasteiger partial charge on any atom is 0.258 e. The van der Waals surface area contributed by atoms with E-state index in [0.717, 1.165) is 25.9 Å². The quantitative estimate of drug-likeness (QED) is 0.321. The molecule has 38 heavy (non-hydrogen) atoms. The van der Waals surface area contributed by atoms with Gasteiger partial charge in [0.15, 0.2) is 5.78 Å². The van der Waals surface area contributed by atoms with Crippen LogP contribution in [0.5, 0.6) is 0 Å². The Labute approximate surface area is 228 Å². The number of amides is 2. The second-order valence-corrected chi connectivity index (χ2v) is 9.07. The summed E-state index contributed by atoms with van der Waals surface area (Å²) in [5.41, 5.74) is 1.68. The first-order valence-electron chi connectivity index (χ1n) is 13.5. The Morgan fingerprint density at radius 1 is 1.11 bits per heavy atom. The molecule has 7 nitrogen and oxygen atoms in total. The molecule has 0 N–H and O–H groups in total. The third-order valence-electron chi connectivity index (χ3n) is 6.74. The highest BCUT2D eigenvalue weighted by Crippen LogP contribution is 2.28. The van der Waals surface area contributed by atoms with Crippen molar-refractivity contribution in [2.45, 2.75) is 58.6 Å². The van der Waals surface area contributed by atoms with Crippen molar-refractivity contribution in [1.29, 1.82) is 0 Å². The summed E-state index contributed by atoms with van der Waals surface area (Å²) in [6.07, 6.45) is 11.2. The van der Waals surface area contributed by atoms with E-state index in [1.807, 2.05) is 49.8 Å². The number of likely N-dealkylation sites (N-methyl/N-ethyl adjacent to an activating group) is 1.